The maximum atomic E-state index is 3.49. The van der Waals surface area contributed by atoms with Crippen molar-refractivity contribution in [3.8, 4) is 0 Å². The first kappa shape index (κ1) is 9.47. The summed E-state index contributed by atoms with van der Waals surface area (Å²) in [6.07, 6.45) is 2.84. The van der Waals surface area contributed by atoms with Gasteiger partial charge in [-0.15, -0.1) is 0 Å². The van der Waals surface area contributed by atoms with Crippen molar-refractivity contribution in [2.75, 3.05) is 26.2 Å². The lowest BCUT2D eigenvalue weighted by molar-refractivity contribution is 0.118. The zero-order valence-corrected chi connectivity index (χ0v) is 8.92. The van der Waals surface area contributed by atoms with Crippen molar-refractivity contribution in [3.63, 3.8) is 0 Å². The Balaban J connectivity index is 1.91. The molecule has 0 aromatic heterocycles. The van der Waals surface area contributed by atoms with Gasteiger partial charge in [-0.3, -0.25) is 4.90 Å². The molecule has 0 spiro atoms. The predicted molar refractivity (Wildman–Crippen MR) is 55.8 cm³/mol. The average Bonchev–Trinajstić information content (AvgIpc) is 2.51. The zero-order valence-electron chi connectivity index (χ0n) is 8.92. The number of hydrogen-bond donors (Lipinski definition) is 1. The minimum Gasteiger partial charge on any atom is -0.315 e. The highest BCUT2D eigenvalue weighted by molar-refractivity contribution is 4.88. The average molecular weight is 182 g/mol. The van der Waals surface area contributed by atoms with Gasteiger partial charge in [0, 0.05) is 19.1 Å². The van der Waals surface area contributed by atoms with E-state index in [2.05, 4.69) is 24.1 Å². The summed E-state index contributed by atoms with van der Waals surface area (Å²) in [5, 5.41) is 3.49. The third-order valence-electron chi connectivity index (χ3n) is 3.63. The molecule has 0 saturated carbocycles. The van der Waals surface area contributed by atoms with E-state index < -0.39 is 0 Å². The fourth-order valence-corrected chi connectivity index (χ4v) is 2.81. The van der Waals surface area contributed by atoms with Crippen LogP contribution in [-0.2, 0) is 0 Å². The zero-order chi connectivity index (χ0) is 9.26. The largest absolute Gasteiger partial charge is 0.315 e. The summed E-state index contributed by atoms with van der Waals surface area (Å²) in [6.45, 7) is 9.87. The van der Waals surface area contributed by atoms with Crippen LogP contribution < -0.4 is 5.32 Å². The molecule has 2 heterocycles. The standard InChI is InChI=1S/C11H22N2/c1-9-4-3-5-13(8-9)11-7-12-6-10(11)2/h9-12H,3-8H2,1-2H3. The van der Waals surface area contributed by atoms with Gasteiger partial charge in [0.1, 0.15) is 0 Å². The Morgan fingerprint density at radius 3 is 2.69 bits per heavy atom. The number of rotatable bonds is 1. The first-order valence-electron chi connectivity index (χ1n) is 5.72. The molecular weight excluding hydrogens is 160 g/mol. The van der Waals surface area contributed by atoms with E-state index in [1.807, 2.05) is 0 Å². The summed E-state index contributed by atoms with van der Waals surface area (Å²) in [5.41, 5.74) is 0. The molecule has 2 aliphatic rings. The van der Waals surface area contributed by atoms with Crippen LogP contribution in [0, 0.1) is 11.8 Å². The highest BCUT2D eigenvalue weighted by Crippen LogP contribution is 2.22. The van der Waals surface area contributed by atoms with E-state index in [-0.39, 0.29) is 0 Å². The van der Waals surface area contributed by atoms with Gasteiger partial charge in [-0.2, -0.15) is 0 Å². The molecule has 76 valence electrons. The van der Waals surface area contributed by atoms with Gasteiger partial charge in [0.15, 0.2) is 0 Å². The topological polar surface area (TPSA) is 15.3 Å². The van der Waals surface area contributed by atoms with E-state index in [0.29, 0.717) is 0 Å². The molecule has 3 unspecified atom stereocenters. The second-order valence-corrected chi connectivity index (χ2v) is 4.95. The normalized spacial score (nSPS) is 42.5. The van der Waals surface area contributed by atoms with Gasteiger partial charge in [-0.05, 0) is 37.8 Å². The van der Waals surface area contributed by atoms with E-state index in [1.54, 1.807) is 0 Å². The summed E-state index contributed by atoms with van der Waals surface area (Å²) in [4.78, 5) is 2.71. The Labute approximate surface area is 81.7 Å². The molecule has 0 aliphatic carbocycles. The lowest BCUT2D eigenvalue weighted by atomic mass is 9.96. The molecule has 2 fully saturated rings. The molecule has 2 heteroatoms. The lowest BCUT2D eigenvalue weighted by Crippen LogP contribution is -2.45. The number of nitrogens with one attached hydrogen (secondary N) is 1. The molecule has 2 nitrogen and oxygen atoms in total. The Bertz CT molecular complexity index is 169. The molecular formula is C11H22N2. The van der Waals surface area contributed by atoms with Crippen LogP contribution in [0.15, 0.2) is 0 Å². The second-order valence-electron chi connectivity index (χ2n) is 4.95. The number of likely N-dealkylation sites (tertiary alicyclic amines) is 1. The Morgan fingerprint density at radius 1 is 1.23 bits per heavy atom. The minimum absolute atomic E-state index is 0.822. The molecule has 0 amide bonds. The van der Waals surface area contributed by atoms with Crippen LogP contribution in [0.4, 0.5) is 0 Å². The van der Waals surface area contributed by atoms with Crippen molar-refractivity contribution in [3.05, 3.63) is 0 Å². The monoisotopic (exact) mass is 182 g/mol. The summed E-state index contributed by atoms with van der Waals surface area (Å²) < 4.78 is 0. The van der Waals surface area contributed by atoms with E-state index >= 15 is 0 Å². The van der Waals surface area contributed by atoms with Gasteiger partial charge < -0.3 is 5.32 Å². The summed E-state index contributed by atoms with van der Waals surface area (Å²) in [5.74, 6) is 1.77. The number of hydrogen-bond acceptors (Lipinski definition) is 2. The maximum Gasteiger partial charge on any atom is 0.0258 e. The van der Waals surface area contributed by atoms with Crippen LogP contribution in [0.25, 0.3) is 0 Å². The van der Waals surface area contributed by atoms with Crippen LogP contribution in [0.5, 0.6) is 0 Å². The fourth-order valence-electron chi connectivity index (χ4n) is 2.81. The molecule has 2 aliphatic heterocycles. The predicted octanol–water partition coefficient (Wildman–Crippen LogP) is 1.33. The smallest absolute Gasteiger partial charge is 0.0258 e. The third-order valence-corrected chi connectivity index (χ3v) is 3.63. The highest BCUT2D eigenvalue weighted by atomic mass is 15.2. The Kier molecular flexibility index (Phi) is 2.89. The van der Waals surface area contributed by atoms with E-state index in [0.717, 1.165) is 17.9 Å². The summed E-state index contributed by atoms with van der Waals surface area (Å²) in [7, 11) is 0. The van der Waals surface area contributed by atoms with Crippen LogP contribution in [0.3, 0.4) is 0 Å². The van der Waals surface area contributed by atoms with Gasteiger partial charge in [0.25, 0.3) is 0 Å². The van der Waals surface area contributed by atoms with Crippen LogP contribution >= 0.6 is 0 Å². The van der Waals surface area contributed by atoms with Crippen molar-refractivity contribution in [2.45, 2.75) is 32.7 Å². The van der Waals surface area contributed by atoms with Gasteiger partial charge in [0.2, 0.25) is 0 Å². The first-order valence-corrected chi connectivity index (χ1v) is 5.72. The van der Waals surface area contributed by atoms with Crippen molar-refractivity contribution in [1.29, 1.82) is 0 Å². The molecule has 1 N–H and O–H groups in total. The second kappa shape index (κ2) is 3.97. The lowest BCUT2D eigenvalue weighted by Gasteiger charge is -2.37. The van der Waals surface area contributed by atoms with Gasteiger partial charge in [-0.25, -0.2) is 0 Å². The highest BCUT2D eigenvalue weighted by Gasteiger charge is 2.30. The van der Waals surface area contributed by atoms with Gasteiger partial charge in [-0.1, -0.05) is 13.8 Å². The molecule has 0 bridgehead atoms. The summed E-state index contributed by atoms with van der Waals surface area (Å²) >= 11 is 0. The molecule has 13 heavy (non-hydrogen) atoms. The van der Waals surface area contributed by atoms with E-state index in [4.69, 9.17) is 0 Å². The summed E-state index contributed by atoms with van der Waals surface area (Å²) in [6, 6.07) is 0.822. The van der Waals surface area contributed by atoms with Crippen molar-refractivity contribution in [2.24, 2.45) is 11.8 Å². The number of nitrogens with zero attached hydrogens (tertiary/aromatic N) is 1. The van der Waals surface area contributed by atoms with Crippen molar-refractivity contribution >= 4 is 0 Å². The Hall–Kier alpha value is -0.0800. The molecule has 0 aromatic carbocycles. The molecule has 0 aromatic rings. The van der Waals surface area contributed by atoms with Crippen LogP contribution in [0.2, 0.25) is 0 Å². The SMILES string of the molecule is CC1CCCN(C2CNCC2C)C1. The fraction of sp³-hybridized carbons (Fsp3) is 1.00. The van der Waals surface area contributed by atoms with Gasteiger partial charge >= 0.3 is 0 Å². The third kappa shape index (κ3) is 2.05. The van der Waals surface area contributed by atoms with Gasteiger partial charge in [0.05, 0.1) is 0 Å². The quantitative estimate of drug-likeness (QED) is 0.658. The minimum atomic E-state index is 0.822. The van der Waals surface area contributed by atoms with Crippen LogP contribution in [0.1, 0.15) is 26.7 Å². The van der Waals surface area contributed by atoms with E-state index in [9.17, 15) is 0 Å². The molecule has 3 atom stereocenters. The van der Waals surface area contributed by atoms with Crippen molar-refractivity contribution in [1.82, 2.24) is 10.2 Å². The Morgan fingerprint density at radius 2 is 2.08 bits per heavy atom. The molecule has 0 radical (unpaired) electrons. The van der Waals surface area contributed by atoms with E-state index in [1.165, 1.54) is 39.0 Å². The first-order chi connectivity index (χ1) is 6.27. The number of piperidine rings is 1. The maximum absolute atomic E-state index is 3.49. The molecule has 2 saturated heterocycles. The van der Waals surface area contributed by atoms with Crippen molar-refractivity contribution < 1.29 is 0 Å². The molecule has 2 rings (SSSR count). The van der Waals surface area contributed by atoms with Crippen LogP contribution in [-0.4, -0.2) is 37.1 Å².